The molecule has 0 aliphatic carbocycles. The van der Waals surface area contributed by atoms with Crippen LogP contribution in [0, 0.1) is 0 Å². The zero-order valence-corrected chi connectivity index (χ0v) is 14.5. The number of ether oxygens (including phenoxy) is 3. The first-order valence-electron chi connectivity index (χ1n) is 8.36. The molecular formula is C16H20N2O6S. The summed E-state index contributed by atoms with van der Waals surface area (Å²) in [5, 5.41) is 0. The Morgan fingerprint density at radius 1 is 0.920 bits per heavy atom. The largest absolute Gasteiger partial charge is 0.486 e. The smallest absolute Gasteiger partial charge is 0.323 e. The van der Waals surface area contributed by atoms with Gasteiger partial charge in [0.2, 0.25) is 10.0 Å². The molecule has 4 rings (SSSR count). The molecule has 3 heterocycles. The fourth-order valence-corrected chi connectivity index (χ4v) is 4.84. The number of benzene rings is 1. The second kappa shape index (κ2) is 6.47. The van der Waals surface area contributed by atoms with E-state index in [0.29, 0.717) is 63.9 Å². The highest BCUT2D eigenvalue weighted by Crippen LogP contribution is 2.33. The summed E-state index contributed by atoms with van der Waals surface area (Å²) in [7, 11) is -3.60. The summed E-state index contributed by atoms with van der Waals surface area (Å²) in [6.07, 6.45) is 0.674. The van der Waals surface area contributed by atoms with Gasteiger partial charge in [-0.25, -0.2) is 8.42 Å². The van der Waals surface area contributed by atoms with Crippen LogP contribution in [0.15, 0.2) is 23.1 Å². The number of hydrogen-bond acceptors (Lipinski definition) is 7. The quantitative estimate of drug-likeness (QED) is 0.699. The predicted octanol–water partition coefficient (Wildman–Crippen LogP) is 0.0796. The van der Waals surface area contributed by atoms with Crippen molar-refractivity contribution in [2.45, 2.75) is 17.4 Å². The van der Waals surface area contributed by atoms with E-state index < -0.39 is 10.0 Å². The maximum Gasteiger partial charge on any atom is 0.323 e. The topological polar surface area (TPSA) is 85.4 Å². The van der Waals surface area contributed by atoms with Crippen LogP contribution in [0.1, 0.15) is 6.42 Å². The molecule has 3 aliphatic rings. The lowest BCUT2D eigenvalue weighted by Crippen LogP contribution is -2.52. The molecule has 0 saturated carbocycles. The van der Waals surface area contributed by atoms with Crippen LogP contribution >= 0.6 is 0 Å². The van der Waals surface area contributed by atoms with Crippen molar-refractivity contribution in [1.82, 2.24) is 9.21 Å². The van der Waals surface area contributed by atoms with Crippen LogP contribution < -0.4 is 9.47 Å². The van der Waals surface area contributed by atoms with Gasteiger partial charge in [-0.1, -0.05) is 0 Å². The minimum atomic E-state index is -3.60. The number of piperazine rings is 1. The fraction of sp³-hybridized carbons (Fsp3) is 0.562. The van der Waals surface area contributed by atoms with Gasteiger partial charge in [0.15, 0.2) is 11.5 Å². The van der Waals surface area contributed by atoms with Crippen LogP contribution in [0.3, 0.4) is 0 Å². The van der Waals surface area contributed by atoms with Crippen LogP contribution in [0.5, 0.6) is 11.5 Å². The number of nitrogens with zero attached hydrogens (tertiary/aromatic N) is 2. The highest BCUT2D eigenvalue weighted by atomic mass is 32.2. The molecular weight excluding hydrogens is 348 g/mol. The van der Waals surface area contributed by atoms with E-state index in [1.165, 1.54) is 10.4 Å². The summed E-state index contributed by atoms with van der Waals surface area (Å²) in [5.41, 5.74) is 0. The van der Waals surface area contributed by atoms with Crippen molar-refractivity contribution in [3.05, 3.63) is 18.2 Å². The molecule has 9 heteroatoms. The molecule has 0 radical (unpaired) electrons. The average Bonchev–Trinajstić information content (AvgIpc) is 3.07. The minimum Gasteiger partial charge on any atom is -0.486 e. The van der Waals surface area contributed by atoms with Crippen LogP contribution in [0.4, 0.5) is 0 Å². The van der Waals surface area contributed by atoms with Gasteiger partial charge in [-0.15, -0.1) is 0 Å². The third-order valence-electron chi connectivity index (χ3n) is 4.77. The van der Waals surface area contributed by atoms with Crippen LogP contribution in [-0.4, -0.2) is 75.6 Å². The Kier molecular flexibility index (Phi) is 4.30. The van der Waals surface area contributed by atoms with Gasteiger partial charge in [0.25, 0.3) is 0 Å². The number of fused-ring (bicyclic) bond motifs is 1. The average molecular weight is 368 g/mol. The lowest BCUT2D eigenvalue weighted by atomic mass is 10.2. The highest BCUT2D eigenvalue weighted by molar-refractivity contribution is 7.89. The standard InChI is InChI=1S/C16H20N2O6S/c19-16-13(3-8-24-16)17-4-6-18(7-5-17)25(20,21)12-1-2-14-15(11-12)23-10-9-22-14/h1-2,11,13H,3-10H2/t13-/m1/s1. The number of rotatable bonds is 3. The minimum absolute atomic E-state index is 0.200. The fourth-order valence-electron chi connectivity index (χ4n) is 3.41. The van der Waals surface area contributed by atoms with Gasteiger partial charge in [0.1, 0.15) is 19.3 Å². The first-order chi connectivity index (χ1) is 12.1. The molecule has 0 bridgehead atoms. The van der Waals surface area contributed by atoms with Gasteiger partial charge < -0.3 is 14.2 Å². The van der Waals surface area contributed by atoms with Gasteiger partial charge in [0, 0.05) is 38.7 Å². The van der Waals surface area contributed by atoms with E-state index in [9.17, 15) is 13.2 Å². The van der Waals surface area contributed by atoms with Gasteiger partial charge >= 0.3 is 5.97 Å². The number of carbonyl (C=O) groups excluding carboxylic acids is 1. The molecule has 136 valence electrons. The normalized spacial score (nSPS) is 25.0. The second-order valence-electron chi connectivity index (χ2n) is 6.22. The van der Waals surface area contributed by atoms with E-state index in [1.807, 2.05) is 4.90 Å². The van der Waals surface area contributed by atoms with Crippen molar-refractivity contribution >= 4 is 16.0 Å². The summed E-state index contributed by atoms with van der Waals surface area (Å²) in [6, 6.07) is 4.46. The Labute approximate surface area is 146 Å². The molecule has 3 aliphatic heterocycles. The Morgan fingerprint density at radius 2 is 1.64 bits per heavy atom. The molecule has 0 aromatic heterocycles. The third kappa shape index (κ3) is 3.07. The number of esters is 1. The van der Waals surface area contributed by atoms with Gasteiger partial charge in [-0.05, 0) is 12.1 Å². The maximum atomic E-state index is 12.9. The number of sulfonamides is 1. The van der Waals surface area contributed by atoms with Gasteiger partial charge in [-0.3, -0.25) is 9.69 Å². The van der Waals surface area contributed by atoms with E-state index in [0.717, 1.165) is 0 Å². The number of cyclic esters (lactones) is 1. The molecule has 25 heavy (non-hydrogen) atoms. The molecule has 2 fully saturated rings. The van der Waals surface area contributed by atoms with Crippen LogP contribution in [0.2, 0.25) is 0 Å². The van der Waals surface area contributed by atoms with Crippen molar-refractivity contribution in [2.24, 2.45) is 0 Å². The highest BCUT2D eigenvalue weighted by Gasteiger charge is 2.37. The first-order valence-corrected chi connectivity index (χ1v) is 9.80. The number of carbonyl (C=O) groups is 1. The van der Waals surface area contributed by atoms with Crippen molar-refractivity contribution in [3.63, 3.8) is 0 Å². The summed E-state index contributed by atoms with van der Waals surface area (Å²) in [5.74, 6) is 0.817. The number of hydrogen-bond donors (Lipinski definition) is 0. The summed E-state index contributed by atoms with van der Waals surface area (Å²) in [6.45, 7) is 3.05. The maximum absolute atomic E-state index is 12.9. The molecule has 0 amide bonds. The van der Waals surface area contributed by atoms with Gasteiger partial charge in [-0.2, -0.15) is 4.31 Å². The molecule has 1 atom stereocenters. The SMILES string of the molecule is O=C1OCC[C@H]1N1CCN(S(=O)(=O)c2ccc3c(c2)OCCO3)CC1. The molecule has 2 saturated heterocycles. The summed E-state index contributed by atoms with van der Waals surface area (Å²) < 4.78 is 43.1. The van der Waals surface area contributed by atoms with Crippen LogP contribution in [0.25, 0.3) is 0 Å². The first kappa shape index (κ1) is 16.6. The van der Waals surface area contributed by atoms with Crippen molar-refractivity contribution in [2.75, 3.05) is 46.0 Å². The lowest BCUT2D eigenvalue weighted by molar-refractivity contribution is -0.142. The van der Waals surface area contributed by atoms with Gasteiger partial charge in [0.05, 0.1) is 11.5 Å². The van der Waals surface area contributed by atoms with E-state index in [1.54, 1.807) is 12.1 Å². The monoisotopic (exact) mass is 368 g/mol. The molecule has 8 nitrogen and oxygen atoms in total. The molecule has 0 unspecified atom stereocenters. The zero-order valence-electron chi connectivity index (χ0n) is 13.7. The Hall–Kier alpha value is -1.84. The third-order valence-corrected chi connectivity index (χ3v) is 6.67. The Morgan fingerprint density at radius 3 is 2.32 bits per heavy atom. The summed E-state index contributed by atoms with van der Waals surface area (Å²) >= 11 is 0. The van der Waals surface area contributed by atoms with E-state index in [4.69, 9.17) is 14.2 Å². The zero-order chi connectivity index (χ0) is 17.4. The molecule has 1 aromatic rings. The molecule has 0 spiro atoms. The van der Waals surface area contributed by atoms with Crippen LogP contribution in [-0.2, 0) is 19.6 Å². The van der Waals surface area contributed by atoms with E-state index >= 15 is 0 Å². The lowest BCUT2D eigenvalue weighted by Gasteiger charge is -2.35. The van der Waals surface area contributed by atoms with E-state index in [-0.39, 0.29) is 16.9 Å². The second-order valence-corrected chi connectivity index (χ2v) is 8.16. The molecule has 0 N–H and O–H groups in total. The van der Waals surface area contributed by atoms with Crippen molar-refractivity contribution in [1.29, 1.82) is 0 Å². The summed E-state index contributed by atoms with van der Waals surface area (Å²) in [4.78, 5) is 13.9. The Balaban J connectivity index is 1.47. The molecule has 1 aromatic carbocycles. The van der Waals surface area contributed by atoms with Crippen molar-refractivity contribution in [3.8, 4) is 11.5 Å². The van der Waals surface area contributed by atoms with Crippen molar-refractivity contribution < 1.29 is 27.4 Å². The van der Waals surface area contributed by atoms with E-state index in [2.05, 4.69) is 0 Å². The predicted molar refractivity (Wildman–Crippen MR) is 87.1 cm³/mol. The Bertz CT molecular complexity index is 773.